The molecule has 3 aromatic heterocycles. The predicted molar refractivity (Wildman–Crippen MR) is 99.5 cm³/mol. The Balaban J connectivity index is 1.55. The lowest BCUT2D eigenvalue weighted by molar-refractivity contribution is -0.136. The molecule has 0 aromatic carbocycles. The number of nitrogens with one attached hydrogen (secondary N) is 1. The van der Waals surface area contributed by atoms with Crippen LogP contribution in [0.3, 0.4) is 0 Å². The smallest absolute Gasteiger partial charge is 0.353 e. The van der Waals surface area contributed by atoms with Crippen LogP contribution in [0.2, 0.25) is 5.02 Å². The van der Waals surface area contributed by atoms with Gasteiger partial charge >= 0.3 is 6.18 Å². The number of alkyl halides is 3. The van der Waals surface area contributed by atoms with Crippen LogP contribution in [-0.4, -0.2) is 37.0 Å². The van der Waals surface area contributed by atoms with E-state index in [9.17, 15) is 18.0 Å². The van der Waals surface area contributed by atoms with E-state index in [4.69, 9.17) is 11.6 Å². The number of hydrogen-bond donors (Lipinski definition) is 1. The Morgan fingerprint density at radius 2 is 2.14 bits per heavy atom. The maximum Gasteiger partial charge on any atom is 0.417 e. The molecule has 7 nitrogen and oxygen atoms in total. The summed E-state index contributed by atoms with van der Waals surface area (Å²) in [6.45, 7) is 1.98. The van der Waals surface area contributed by atoms with Gasteiger partial charge in [0, 0.05) is 24.4 Å². The van der Waals surface area contributed by atoms with Gasteiger partial charge in [0.2, 0.25) is 5.91 Å². The van der Waals surface area contributed by atoms with Crippen molar-refractivity contribution in [1.29, 1.82) is 0 Å². The average molecular weight is 427 g/mol. The lowest BCUT2D eigenvalue weighted by Gasteiger charge is -2.11. The summed E-state index contributed by atoms with van der Waals surface area (Å²) in [4.78, 5) is 16.7. The summed E-state index contributed by atoms with van der Waals surface area (Å²) in [6.07, 6.45) is 0.238. The Bertz CT molecular complexity index is 1070. The van der Waals surface area contributed by atoms with Crippen LogP contribution in [0.1, 0.15) is 35.7 Å². The first-order chi connectivity index (χ1) is 13.7. The molecule has 1 aliphatic rings. The predicted octanol–water partition coefficient (Wildman–Crippen LogP) is 3.30. The number of fused-ring (bicyclic) bond motifs is 1. The van der Waals surface area contributed by atoms with Gasteiger partial charge in [-0.1, -0.05) is 11.6 Å². The van der Waals surface area contributed by atoms with Crippen molar-refractivity contribution in [2.24, 2.45) is 0 Å². The highest BCUT2D eigenvalue weighted by atomic mass is 35.5. The number of nitrogens with zero attached hydrogens (tertiary/aromatic N) is 5. The van der Waals surface area contributed by atoms with Gasteiger partial charge in [-0.3, -0.25) is 9.48 Å². The van der Waals surface area contributed by atoms with E-state index < -0.39 is 11.7 Å². The van der Waals surface area contributed by atoms with Crippen LogP contribution in [-0.2, 0) is 24.1 Å². The van der Waals surface area contributed by atoms with Gasteiger partial charge < -0.3 is 5.32 Å². The van der Waals surface area contributed by atoms with E-state index >= 15 is 0 Å². The molecule has 1 fully saturated rings. The number of rotatable bonds is 6. The fourth-order valence-corrected chi connectivity index (χ4v) is 3.41. The van der Waals surface area contributed by atoms with Crippen molar-refractivity contribution < 1.29 is 18.0 Å². The van der Waals surface area contributed by atoms with Crippen molar-refractivity contribution in [3.63, 3.8) is 0 Å². The number of aryl methyl sites for hydroxylation is 1. The summed E-state index contributed by atoms with van der Waals surface area (Å²) < 4.78 is 43.6. The summed E-state index contributed by atoms with van der Waals surface area (Å²) in [6, 6.07) is 1.12. The minimum Gasteiger partial charge on any atom is -0.353 e. The van der Waals surface area contributed by atoms with Crippen LogP contribution in [0.4, 0.5) is 13.2 Å². The Labute approximate surface area is 168 Å². The maximum absolute atomic E-state index is 13.6. The van der Waals surface area contributed by atoms with Crippen molar-refractivity contribution >= 4 is 28.5 Å². The molecule has 3 aromatic rings. The monoisotopic (exact) mass is 426 g/mol. The number of amides is 1. The van der Waals surface area contributed by atoms with Crippen molar-refractivity contribution in [2.45, 2.75) is 44.9 Å². The number of halogens is 4. The number of carbonyl (C=O) groups is 1. The maximum atomic E-state index is 13.6. The molecule has 1 N–H and O–H groups in total. The molecule has 4 rings (SSSR count). The molecule has 1 amide bonds. The molecule has 1 aliphatic carbocycles. The van der Waals surface area contributed by atoms with Crippen molar-refractivity contribution in [2.75, 3.05) is 6.54 Å². The SMILES string of the molecule is Cc1nn(CC(=O)NCCn2cc(Cl)cn2)c2nc(C3CC3)cc(C(F)(F)F)c12. The quantitative estimate of drug-likeness (QED) is 0.656. The number of pyridine rings is 1. The lowest BCUT2D eigenvalue weighted by atomic mass is 10.1. The summed E-state index contributed by atoms with van der Waals surface area (Å²) in [5, 5.41) is 11.3. The number of hydrogen-bond acceptors (Lipinski definition) is 4. The van der Waals surface area contributed by atoms with E-state index in [2.05, 4.69) is 20.5 Å². The zero-order chi connectivity index (χ0) is 20.8. The molecule has 154 valence electrons. The first kappa shape index (κ1) is 19.7. The normalized spacial score (nSPS) is 14.5. The van der Waals surface area contributed by atoms with Crippen LogP contribution in [0.25, 0.3) is 11.0 Å². The third kappa shape index (κ3) is 4.21. The largest absolute Gasteiger partial charge is 0.417 e. The van der Waals surface area contributed by atoms with Crippen molar-refractivity contribution in [3.8, 4) is 0 Å². The molecule has 0 atom stereocenters. The summed E-state index contributed by atoms with van der Waals surface area (Å²) in [5.41, 5.74) is -0.0551. The molecule has 3 heterocycles. The van der Waals surface area contributed by atoms with Crippen LogP contribution in [0.5, 0.6) is 0 Å². The second kappa shape index (κ2) is 7.33. The molecular formula is C18H18ClF3N6O. The van der Waals surface area contributed by atoms with Crippen LogP contribution < -0.4 is 5.32 Å². The van der Waals surface area contributed by atoms with Crippen LogP contribution >= 0.6 is 11.6 Å². The van der Waals surface area contributed by atoms with Gasteiger partial charge in [-0.05, 0) is 25.8 Å². The molecule has 29 heavy (non-hydrogen) atoms. The van der Waals surface area contributed by atoms with Gasteiger partial charge in [0.05, 0.1) is 34.4 Å². The van der Waals surface area contributed by atoms with E-state index in [1.54, 1.807) is 10.9 Å². The zero-order valence-electron chi connectivity index (χ0n) is 15.5. The standard InChI is InChI=1S/C18H18ClF3N6O/c1-10-16-13(18(20,21)22)6-14(11-2-3-11)25-17(16)28(26-10)9-15(29)23-4-5-27-8-12(19)7-24-27/h6-8,11H,2-5,9H2,1H3,(H,23,29). The second-order valence-corrected chi connectivity index (χ2v) is 7.52. The van der Waals surface area contributed by atoms with E-state index in [-0.39, 0.29) is 35.1 Å². The van der Waals surface area contributed by atoms with Gasteiger partial charge in [-0.25, -0.2) is 9.67 Å². The Morgan fingerprint density at radius 1 is 1.38 bits per heavy atom. The van der Waals surface area contributed by atoms with Gasteiger partial charge in [0.15, 0.2) is 5.65 Å². The molecule has 0 spiro atoms. The third-order valence-electron chi connectivity index (χ3n) is 4.76. The van der Waals surface area contributed by atoms with Gasteiger partial charge in [-0.2, -0.15) is 23.4 Å². The molecule has 11 heteroatoms. The minimum absolute atomic E-state index is 0.0406. The highest BCUT2D eigenvalue weighted by molar-refractivity contribution is 6.30. The van der Waals surface area contributed by atoms with Crippen LogP contribution in [0.15, 0.2) is 18.5 Å². The Morgan fingerprint density at radius 3 is 2.76 bits per heavy atom. The van der Waals surface area contributed by atoms with E-state index in [1.165, 1.54) is 17.8 Å². The Hall–Kier alpha value is -2.62. The fraction of sp³-hybridized carbons (Fsp3) is 0.444. The molecule has 1 saturated carbocycles. The zero-order valence-corrected chi connectivity index (χ0v) is 16.3. The van der Waals surface area contributed by atoms with E-state index in [0.717, 1.165) is 18.9 Å². The topological polar surface area (TPSA) is 77.6 Å². The van der Waals surface area contributed by atoms with Gasteiger partial charge in [-0.15, -0.1) is 0 Å². The lowest BCUT2D eigenvalue weighted by Crippen LogP contribution is -2.31. The molecular weight excluding hydrogens is 409 g/mol. The average Bonchev–Trinajstić information content (AvgIpc) is 3.34. The van der Waals surface area contributed by atoms with Crippen molar-refractivity contribution in [3.05, 3.63) is 40.4 Å². The summed E-state index contributed by atoms with van der Waals surface area (Å²) in [7, 11) is 0. The molecule has 0 bridgehead atoms. The van der Waals surface area contributed by atoms with E-state index in [0.29, 0.717) is 23.8 Å². The summed E-state index contributed by atoms with van der Waals surface area (Å²) >= 11 is 5.78. The highest BCUT2D eigenvalue weighted by Crippen LogP contribution is 2.43. The molecule has 0 unspecified atom stereocenters. The fourth-order valence-electron chi connectivity index (χ4n) is 3.26. The minimum atomic E-state index is -4.52. The summed E-state index contributed by atoms with van der Waals surface area (Å²) in [5.74, 6) is -0.335. The molecule has 0 aliphatic heterocycles. The highest BCUT2D eigenvalue weighted by Gasteiger charge is 2.37. The Kier molecular flexibility index (Phi) is 4.97. The van der Waals surface area contributed by atoms with Crippen LogP contribution in [0, 0.1) is 6.92 Å². The number of carbonyl (C=O) groups excluding carboxylic acids is 1. The number of aromatic nitrogens is 5. The first-order valence-corrected chi connectivity index (χ1v) is 9.50. The van der Waals surface area contributed by atoms with Gasteiger partial charge in [0.25, 0.3) is 0 Å². The van der Waals surface area contributed by atoms with E-state index in [1.807, 2.05) is 0 Å². The van der Waals surface area contributed by atoms with Crippen molar-refractivity contribution in [1.82, 2.24) is 29.9 Å². The molecule has 0 radical (unpaired) electrons. The first-order valence-electron chi connectivity index (χ1n) is 9.12. The molecule has 0 saturated heterocycles. The van der Waals surface area contributed by atoms with Gasteiger partial charge in [0.1, 0.15) is 6.54 Å². The second-order valence-electron chi connectivity index (χ2n) is 7.08. The third-order valence-corrected chi connectivity index (χ3v) is 4.95.